The maximum atomic E-state index is 3.43. The van der Waals surface area contributed by atoms with Gasteiger partial charge in [-0.2, -0.15) is 0 Å². The Morgan fingerprint density at radius 3 is 2.18 bits per heavy atom. The van der Waals surface area contributed by atoms with E-state index in [0.717, 1.165) is 13.0 Å². The minimum atomic E-state index is 0.394. The van der Waals surface area contributed by atoms with Crippen molar-refractivity contribution in [2.45, 2.75) is 39.3 Å². The largest absolute Gasteiger partial charge is 0.312 e. The second kappa shape index (κ2) is 6.77. The average Bonchev–Trinajstić information content (AvgIpc) is 2.39. The maximum absolute atomic E-state index is 3.43. The third-order valence-corrected chi connectivity index (χ3v) is 3.73. The van der Waals surface area contributed by atoms with Crippen LogP contribution in [0.15, 0.2) is 24.3 Å². The third kappa shape index (κ3) is 3.55. The van der Waals surface area contributed by atoms with Gasteiger partial charge in [-0.1, -0.05) is 38.1 Å². The van der Waals surface area contributed by atoms with Gasteiger partial charge in [-0.3, -0.25) is 0 Å². The van der Waals surface area contributed by atoms with Gasteiger partial charge in [0.1, 0.15) is 0 Å². The first kappa shape index (κ1) is 14.2. The molecule has 0 saturated heterocycles. The highest BCUT2D eigenvalue weighted by Crippen LogP contribution is 2.20. The van der Waals surface area contributed by atoms with Crippen molar-refractivity contribution >= 4 is 0 Å². The average molecular weight is 234 g/mol. The molecule has 0 heterocycles. The minimum absolute atomic E-state index is 0.394. The zero-order valence-corrected chi connectivity index (χ0v) is 11.8. The van der Waals surface area contributed by atoms with Gasteiger partial charge < -0.3 is 10.2 Å². The van der Waals surface area contributed by atoms with E-state index in [9.17, 15) is 0 Å². The molecule has 1 aromatic rings. The molecule has 0 aromatic heterocycles. The molecule has 0 radical (unpaired) electrons. The van der Waals surface area contributed by atoms with Gasteiger partial charge in [0.05, 0.1) is 0 Å². The van der Waals surface area contributed by atoms with E-state index < -0.39 is 0 Å². The molecule has 0 amide bonds. The number of hydrogen-bond acceptors (Lipinski definition) is 2. The highest BCUT2D eigenvalue weighted by Gasteiger charge is 2.20. The van der Waals surface area contributed by atoms with Crippen molar-refractivity contribution in [1.82, 2.24) is 10.2 Å². The van der Waals surface area contributed by atoms with Gasteiger partial charge in [0.25, 0.3) is 0 Å². The fourth-order valence-corrected chi connectivity index (χ4v) is 2.19. The normalized spacial score (nSPS) is 14.9. The Labute approximate surface area is 106 Å². The molecule has 17 heavy (non-hydrogen) atoms. The molecule has 0 spiro atoms. The zero-order chi connectivity index (χ0) is 12.8. The predicted molar refractivity (Wildman–Crippen MR) is 75.4 cm³/mol. The van der Waals surface area contributed by atoms with Crippen LogP contribution in [0.3, 0.4) is 0 Å². The molecular formula is C15H26N2. The molecule has 0 saturated carbocycles. The quantitative estimate of drug-likeness (QED) is 0.814. The topological polar surface area (TPSA) is 15.3 Å². The molecule has 2 heteroatoms. The van der Waals surface area contributed by atoms with Crippen molar-refractivity contribution in [2.75, 3.05) is 20.6 Å². The van der Waals surface area contributed by atoms with Crippen LogP contribution in [0.25, 0.3) is 0 Å². The van der Waals surface area contributed by atoms with Crippen LogP contribution in [0.2, 0.25) is 0 Å². The number of benzene rings is 1. The van der Waals surface area contributed by atoms with E-state index in [-0.39, 0.29) is 0 Å². The van der Waals surface area contributed by atoms with E-state index in [4.69, 9.17) is 0 Å². The Kier molecular flexibility index (Phi) is 5.66. The molecule has 0 aliphatic heterocycles. The molecule has 0 aliphatic rings. The maximum Gasteiger partial charge on any atom is 0.0472 e. The van der Waals surface area contributed by atoms with E-state index in [1.54, 1.807) is 0 Å². The van der Waals surface area contributed by atoms with E-state index in [2.05, 4.69) is 62.3 Å². The van der Waals surface area contributed by atoms with Gasteiger partial charge in [-0.15, -0.1) is 0 Å². The van der Waals surface area contributed by atoms with Gasteiger partial charge in [-0.05, 0) is 45.1 Å². The number of hydrogen-bond donors (Lipinski definition) is 1. The van der Waals surface area contributed by atoms with Crippen LogP contribution >= 0.6 is 0 Å². The summed E-state index contributed by atoms with van der Waals surface area (Å²) in [4.78, 5) is 2.37. The van der Waals surface area contributed by atoms with Gasteiger partial charge >= 0.3 is 0 Å². The highest BCUT2D eigenvalue weighted by molar-refractivity contribution is 5.26. The lowest BCUT2D eigenvalue weighted by Gasteiger charge is -2.31. The molecule has 2 unspecified atom stereocenters. The summed E-state index contributed by atoms with van der Waals surface area (Å²) in [6.07, 6.45) is 1.11. The van der Waals surface area contributed by atoms with Gasteiger partial charge in [0, 0.05) is 12.1 Å². The minimum Gasteiger partial charge on any atom is -0.312 e. The molecule has 1 aromatic carbocycles. The van der Waals surface area contributed by atoms with Crippen molar-refractivity contribution in [3.8, 4) is 0 Å². The second-order valence-electron chi connectivity index (χ2n) is 4.68. The van der Waals surface area contributed by atoms with E-state index in [0.29, 0.717) is 12.1 Å². The Morgan fingerprint density at radius 2 is 1.76 bits per heavy atom. The summed E-state index contributed by atoms with van der Waals surface area (Å²) in [5.74, 6) is 0. The standard InChI is InChI=1S/C15H26N2/c1-6-13-8-10-14(11-9-13)15(16-4)12(3)17(5)7-2/h8-12,15-16H,6-7H2,1-5H3. The van der Waals surface area contributed by atoms with Crippen LogP contribution in [0.4, 0.5) is 0 Å². The summed E-state index contributed by atoms with van der Waals surface area (Å²) in [5, 5.41) is 3.43. The van der Waals surface area contributed by atoms with E-state index >= 15 is 0 Å². The first-order valence-corrected chi connectivity index (χ1v) is 6.60. The number of nitrogens with one attached hydrogen (secondary N) is 1. The van der Waals surface area contributed by atoms with Crippen LogP contribution < -0.4 is 5.32 Å². The highest BCUT2D eigenvalue weighted by atomic mass is 15.1. The van der Waals surface area contributed by atoms with Gasteiger partial charge in [-0.25, -0.2) is 0 Å². The molecule has 0 bridgehead atoms. The Morgan fingerprint density at radius 1 is 1.18 bits per heavy atom. The molecule has 2 atom stereocenters. The molecule has 96 valence electrons. The molecule has 2 nitrogen and oxygen atoms in total. The SMILES string of the molecule is CCc1ccc(C(NC)C(C)N(C)CC)cc1. The van der Waals surface area contributed by atoms with Crippen LogP contribution in [0, 0.1) is 0 Å². The lowest BCUT2D eigenvalue weighted by molar-refractivity contribution is 0.222. The van der Waals surface area contributed by atoms with Crippen LogP contribution in [-0.4, -0.2) is 31.6 Å². The number of nitrogens with zero attached hydrogens (tertiary/aromatic N) is 1. The van der Waals surface area contributed by atoms with E-state index in [1.807, 2.05) is 7.05 Å². The number of likely N-dealkylation sites (N-methyl/N-ethyl adjacent to an activating group) is 2. The summed E-state index contributed by atoms with van der Waals surface area (Å²) >= 11 is 0. The second-order valence-corrected chi connectivity index (χ2v) is 4.68. The summed E-state index contributed by atoms with van der Waals surface area (Å²) in [6.45, 7) is 7.74. The van der Waals surface area contributed by atoms with Crippen LogP contribution in [0.5, 0.6) is 0 Å². The Balaban J connectivity index is 2.85. The fourth-order valence-electron chi connectivity index (χ4n) is 2.19. The summed E-state index contributed by atoms with van der Waals surface area (Å²) < 4.78 is 0. The van der Waals surface area contributed by atoms with Gasteiger partial charge in [0.15, 0.2) is 0 Å². The van der Waals surface area contributed by atoms with Crippen molar-refractivity contribution in [1.29, 1.82) is 0 Å². The first-order chi connectivity index (χ1) is 8.13. The number of aryl methyl sites for hydroxylation is 1. The van der Waals surface area contributed by atoms with E-state index in [1.165, 1.54) is 11.1 Å². The monoisotopic (exact) mass is 234 g/mol. The van der Waals surface area contributed by atoms with Crippen molar-refractivity contribution in [3.63, 3.8) is 0 Å². The fraction of sp³-hybridized carbons (Fsp3) is 0.600. The number of rotatable bonds is 6. The predicted octanol–water partition coefficient (Wildman–Crippen LogP) is 2.85. The molecule has 1 rings (SSSR count). The van der Waals surface area contributed by atoms with Gasteiger partial charge in [0.2, 0.25) is 0 Å². The Hall–Kier alpha value is -0.860. The summed E-state index contributed by atoms with van der Waals surface area (Å²) in [5.41, 5.74) is 2.78. The zero-order valence-electron chi connectivity index (χ0n) is 11.8. The Bertz CT molecular complexity index is 318. The summed E-state index contributed by atoms with van der Waals surface area (Å²) in [7, 11) is 4.22. The molecular weight excluding hydrogens is 208 g/mol. The first-order valence-electron chi connectivity index (χ1n) is 6.60. The lowest BCUT2D eigenvalue weighted by atomic mass is 9.98. The van der Waals surface area contributed by atoms with Crippen molar-refractivity contribution < 1.29 is 0 Å². The van der Waals surface area contributed by atoms with Crippen LogP contribution in [-0.2, 0) is 6.42 Å². The molecule has 1 N–H and O–H groups in total. The third-order valence-electron chi connectivity index (χ3n) is 3.73. The van der Waals surface area contributed by atoms with Crippen molar-refractivity contribution in [3.05, 3.63) is 35.4 Å². The molecule has 0 aliphatic carbocycles. The molecule has 0 fully saturated rings. The van der Waals surface area contributed by atoms with Crippen LogP contribution in [0.1, 0.15) is 37.9 Å². The van der Waals surface area contributed by atoms with Crippen molar-refractivity contribution in [2.24, 2.45) is 0 Å². The summed E-state index contributed by atoms with van der Waals surface area (Å²) in [6, 6.07) is 9.86. The smallest absolute Gasteiger partial charge is 0.0472 e. The lowest BCUT2D eigenvalue weighted by Crippen LogP contribution is -2.39.